The maximum Gasteiger partial charge on any atom is 0.172 e. The minimum absolute atomic E-state index is 0.0991. The molecule has 144 valence electrons. The van der Waals surface area contributed by atoms with E-state index in [1.165, 1.54) is 0 Å². The number of fused-ring (bicyclic) bond motifs is 1. The monoisotopic (exact) mass is 375 g/mol. The highest BCUT2D eigenvalue weighted by Crippen LogP contribution is 2.35. The first-order valence-electron chi connectivity index (χ1n) is 8.84. The van der Waals surface area contributed by atoms with Crippen molar-refractivity contribution in [3.05, 3.63) is 73.0 Å². The van der Waals surface area contributed by atoms with E-state index in [9.17, 15) is 5.11 Å². The van der Waals surface area contributed by atoms with Gasteiger partial charge in [0, 0.05) is 5.56 Å². The van der Waals surface area contributed by atoms with Gasteiger partial charge in [-0.3, -0.25) is 5.10 Å². The van der Waals surface area contributed by atoms with E-state index in [1.807, 2.05) is 62.4 Å². The number of nitrogens with one attached hydrogen (secondary N) is 2. The quantitative estimate of drug-likeness (QED) is 0.386. The van der Waals surface area contributed by atoms with Crippen LogP contribution in [0.1, 0.15) is 12.5 Å². The van der Waals surface area contributed by atoms with Gasteiger partial charge in [-0.05, 0) is 31.2 Å². The lowest BCUT2D eigenvalue weighted by molar-refractivity contribution is 0.479. The summed E-state index contributed by atoms with van der Waals surface area (Å²) in [6.07, 6.45) is 0. The number of hydrogen-bond donors (Lipinski definition) is 4. The van der Waals surface area contributed by atoms with Crippen LogP contribution < -0.4 is 5.73 Å². The molecule has 2 aromatic heterocycles. The van der Waals surface area contributed by atoms with E-state index in [4.69, 9.17) is 5.73 Å². The molecule has 0 aliphatic rings. The van der Waals surface area contributed by atoms with Crippen molar-refractivity contribution in [1.82, 2.24) is 20.2 Å². The lowest BCUT2D eigenvalue weighted by Crippen LogP contribution is -1.87. The first-order chi connectivity index (χ1) is 13.5. The minimum atomic E-state index is 0.0991. The Morgan fingerprint density at radius 2 is 1.79 bits per heavy atom. The first-order valence-corrected chi connectivity index (χ1v) is 8.84. The van der Waals surface area contributed by atoms with Crippen molar-refractivity contribution in [1.29, 1.82) is 0 Å². The van der Waals surface area contributed by atoms with Crippen molar-refractivity contribution in [2.45, 2.75) is 13.8 Å². The number of hydrogen-bond acceptors (Lipinski definition) is 4. The third-order valence-corrected chi connectivity index (χ3v) is 3.66. The molecule has 2 heterocycles. The maximum atomic E-state index is 10.5. The van der Waals surface area contributed by atoms with E-state index in [2.05, 4.69) is 39.1 Å². The normalized spacial score (nSPS) is 9.68. The molecule has 0 spiro atoms. The van der Waals surface area contributed by atoms with Crippen LogP contribution >= 0.6 is 0 Å². The lowest BCUT2D eigenvalue weighted by Gasteiger charge is -1.97. The van der Waals surface area contributed by atoms with Crippen molar-refractivity contribution in [3.63, 3.8) is 0 Å². The van der Waals surface area contributed by atoms with E-state index in [0.29, 0.717) is 17.2 Å². The predicted molar refractivity (Wildman–Crippen MR) is 115 cm³/mol. The number of aromatic hydroxyl groups is 1. The van der Waals surface area contributed by atoms with Gasteiger partial charge in [0.05, 0.1) is 11.0 Å². The van der Waals surface area contributed by atoms with Gasteiger partial charge in [-0.1, -0.05) is 56.5 Å². The van der Waals surface area contributed by atoms with Gasteiger partial charge >= 0.3 is 0 Å². The zero-order valence-electron chi connectivity index (χ0n) is 16.2. The van der Waals surface area contributed by atoms with Gasteiger partial charge in [-0.2, -0.15) is 5.10 Å². The second-order valence-corrected chi connectivity index (χ2v) is 5.93. The van der Waals surface area contributed by atoms with Crippen molar-refractivity contribution >= 4 is 11.0 Å². The largest absolute Gasteiger partial charge is 0.504 e. The van der Waals surface area contributed by atoms with Crippen LogP contribution in [0.15, 0.2) is 67.4 Å². The van der Waals surface area contributed by atoms with Gasteiger partial charge in [0.15, 0.2) is 11.6 Å². The van der Waals surface area contributed by atoms with Crippen molar-refractivity contribution in [3.8, 4) is 28.5 Å². The molecule has 0 amide bonds. The molecule has 2 aromatic carbocycles. The molecule has 0 radical (unpaired) electrons. The van der Waals surface area contributed by atoms with Crippen molar-refractivity contribution < 1.29 is 5.11 Å². The van der Waals surface area contributed by atoms with E-state index in [-0.39, 0.29) is 5.75 Å². The van der Waals surface area contributed by atoms with Crippen LogP contribution in [0.3, 0.4) is 0 Å². The number of nitrogens with two attached hydrogens (primary N) is 1. The molecule has 6 heteroatoms. The standard InChI is InChI=1S/C17H14N4O.C3H4.C2H7N/c1-10-7-8-12-13(9-10)19-17(18-12)15-16(22)14(20-21-15)11-5-3-2-4-6-11;1-3-2;1-2-3/h2-9,22H,1H3,(H,18,19)(H,20,21);1-2H2;2-3H2,1H3. The zero-order chi connectivity index (χ0) is 20.5. The number of imidazole rings is 1. The number of aryl methyl sites for hydroxylation is 1. The highest BCUT2D eigenvalue weighted by atomic mass is 16.3. The maximum absolute atomic E-state index is 10.5. The molecule has 0 aliphatic carbocycles. The third-order valence-electron chi connectivity index (χ3n) is 3.66. The fourth-order valence-electron chi connectivity index (χ4n) is 2.54. The summed E-state index contributed by atoms with van der Waals surface area (Å²) in [6, 6.07) is 15.5. The van der Waals surface area contributed by atoms with Gasteiger partial charge < -0.3 is 15.8 Å². The van der Waals surface area contributed by atoms with E-state index < -0.39 is 0 Å². The van der Waals surface area contributed by atoms with Crippen LogP contribution in [0.25, 0.3) is 33.8 Å². The van der Waals surface area contributed by atoms with Crippen LogP contribution in [0.4, 0.5) is 0 Å². The summed E-state index contributed by atoms with van der Waals surface area (Å²) in [5, 5.41) is 17.5. The van der Waals surface area contributed by atoms with Gasteiger partial charge in [0.1, 0.15) is 11.4 Å². The molecule has 6 nitrogen and oxygen atoms in total. The van der Waals surface area contributed by atoms with E-state index in [0.717, 1.165) is 28.7 Å². The number of aromatic nitrogens is 4. The Morgan fingerprint density at radius 3 is 2.43 bits per heavy atom. The fraction of sp³-hybridized carbons (Fsp3) is 0.136. The summed E-state index contributed by atoms with van der Waals surface area (Å²) in [5.74, 6) is 0.676. The van der Waals surface area contributed by atoms with Crippen LogP contribution in [-0.2, 0) is 0 Å². The van der Waals surface area contributed by atoms with Crippen LogP contribution in [0, 0.1) is 6.92 Å². The predicted octanol–water partition coefficient (Wildman–Crippen LogP) is 4.56. The Hall–Kier alpha value is -3.60. The number of rotatable bonds is 2. The zero-order valence-corrected chi connectivity index (χ0v) is 16.2. The summed E-state index contributed by atoms with van der Waals surface area (Å²) in [6.45, 7) is 10.9. The Morgan fingerprint density at radius 1 is 1.14 bits per heavy atom. The first kappa shape index (κ1) is 20.7. The molecule has 28 heavy (non-hydrogen) atoms. The Labute approximate surface area is 164 Å². The highest BCUT2D eigenvalue weighted by molar-refractivity contribution is 5.82. The van der Waals surface area contributed by atoms with Crippen LogP contribution in [0.2, 0.25) is 0 Å². The molecule has 0 saturated heterocycles. The smallest absolute Gasteiger partial charge is 0.172 e. The summed E-state index contributed by atoms with van der Waals surface area (Å²) < 4.78 is 0. The lowest BCUT2D eigenvalue weighted by atomic mass is 10.1. The molecule has 0 bridgehead atoms. The summed E-state index contributed by atoms with van der Waals surface area (Å²) in [7, 11) is 0. The molecule has 5 N–H and O–H groups in total. The van der Waals surface area contributed by atoms with Gasteiger partial charge in [0.2, 0.25) is 0 Å². The van der Waals surface area contributed by atoms with Gasteiger partial charge in [0.25, 0.3) is 0 Å². The summed E-state index contributed by atoms with van der Waals surface area (Å²) >= 11 is 0. The summed E-state index contributed by atoms with van der Waals surface area (Å²) in [5.41, 5.74) is 11.9. The van der Waals surface area contributed by atoms with E-state index >= 15 is 0 Å². The number of H-pyrrole nitrogens is 2. The van der Waals surface area contributed by atoms with Crippen LogP contribution in [0.5, 0.6) is 5.75 Å². The van der Waals surface area contributed by atoms with E-state index in [1.54, 1.807) is 0 Å². The Balaban J connectivity index is 0.000000418. The number of aromatic amines is 2. The second-order valence-electron chi connectivity index (χ2n) is 5.93. The summed E-state index contributed by atoms with van der Waals surface area (Å²) in [4.78, 5) is 7.72. The fourth-order valence-corrected chi connectivity index (χ4v) is 2.54. The average Bonchev–Trinajstić information content (AvgIpc) is 3.26. The van der Waals surface area contributed by atoms with Gasteiger partial charge in [-0.25, -0.2) is 4.98 Å². The molecule has 4 rings (SSSR count). The van der Waals surface area contributed by atoms with Crippen LogP contribution in [-0.4, -0.2) is 31.8 Å². The number of benzene rings is 2. The highest BCUT2D eigenvalue weighted by Gasteiger charge is 2.17. The molecule has 0 atom stereocenters. The molecule has 4 aromatic rings. The molecular weight excluding hydrogens is 350 g/mol. The molecule has 0 unspecified atom stereocenters. The molecule has 0 saturated carbocycles. The van der Waals surface area contributed by atoms with Crippen molar-refractivity contribution in [2.75, 3.05) is 6.54 Å². The van der Waals surface area contributed by atoms with Gasteiger partial charge in [-0.15, -0.1) is 5.73 Å². The SMILES string of the molecule is C=C=C.CCN.Cc1ccc2nc(-c3[nH]nc(-c4ccccc4)c3O)[nH]c2c1. The Kier molecular flexibility index (Phi) is 7.34. The molecule has 0 fully saturated rings. The molecule has 0 aliphatic heterocycles. The Bertz CT molecular complexity index is 1060. The van der Waals surface area contributed by atoms with Crippen molar-refractivity contribution in [2.24, 2.45) is 5.73 Å². The topological polar surface area (TPSA) is 104 Å². The second kappa shape index (κ2) is 9.92. The number of nitrogens with zero attached hydrogens (tertiary/aromatic N) is 2. The third kappa shape index (κ3) is 4.76. The average molecular weight is 375 g/mol. The molecular formula is C22H25N5O. The minimum Gasteiger partial charge on any atom is -0.504 e.